The number of rotatable bonds is 2. The van der Waals surface area contributed by atoms with Gasteiger partial charge in [0.1, 0.15) is 5.75 Å². The molecule has 0 aliphatic carbocycles. The van der Waals surface area contributed by atoms with Gasteiger partial charge in [0.05, 0.1) is 7.11 Å². The zero-order chi connectivity index (χ0) is 14.2. The maximum absolute atomic E-state index is 5.39. The van der Waals surface area contributed by atoms with E-state index in [9.17, 15) is 0 Å². The largest absolute Gasteiger partial charge is 0.497 e. The molecule has 0 aliphatic rings. The maximum Gasteiger partial charge on any atom is 0.187 e. The van der Waals surface area contributed by atoms with Gasteiger partial charge in [0, 0.05) is 27.3 Å². The summed E-state index contributed by atoms with van der Waals surface area (Å²) in [4.78, 5) is 1.31. The van der Waals surface area contributed by atoms with Crippen LogP contribution in [0.15, 0.2) is 72.8 Å². The number of methoxy groups -OCH3 is 1. The first-order valence-electron chi connectivity index (χ1n) is 6.95. The van der Waals surface area contributed by atoms with Crippen molar-refractivity contribution >= 4 is 30.6 Å². The standard InChI is InChI=1S/C19H15OS/c1-20-14-7-6-8-15(13-14)21-18-11-4-2-9-16(18)17-10-3-5-12-19(17)21/h2-13H,1H3/q+1. The Morgan fingerprint density at radius 1 is 0.714 bits per heavy atom. The van der Waals surface area contributed by atoms with E-state index in [1.54, 1.807) is 7.11 Å². The number of thiophene rings is 1. The fourth-order valence-corrected chi connectivity index (χ4v) is 5.25. The van der Waals surface area contributed by atoms with Crippen molar-refractivity contribution in [3.05, 3.63) is 72.8 Å². The Morgan fingerprint density at radius 3 is 1.95 bits per heavy atom. The first kappa shape index (κ1) is 12.4. The molecule has 21 heavy (non-hydrogen) atoms. The zero-order valence-electron chi connectivity index (χ0n) is 11.7. The van der Waals surface area contributed by atoms with E-state index in [4.69, 9.17) is 4.74 Å². The third-order valence-electron chi connectivity index (χ3n) is 3.78. The molecule has 4 rings (SSSR count). The lowest BCUT2D eigenvalue weighted by molar-refractivity contribution is 0.415. The van der Waals surface area contributed by atoms with Crippen LogP contribution in [0.4, 0.5) is 0 Å². The van der Waals surface area contributed by atoms with E-state index in [1.807, 2.05) is 6.07 Å². The minimum atomic E-state index is -0.0324. The van der Waals surface area contributed by atoms with Gasteiger partial charge in [-0.05, 0) is 36.4 Å². The molecule has 0 N–H and O–H groups in total. The number of hydrogen-bond acceptors (Lipinski definition) is 1. The Morgan fingerprint density at radius 2 is 1.33 bits per heavy atom. The summed E-state index contributed by atoms with van der Waals surface area (Å²) in [6.45, 7) is 0. The minimum Gasteiger partial charge on any atom is -0.497 e. The van der Waals surface area contributed by atoms with Gasteiger partial charge in [-0.25, -0.2) is 0 Å². The quantitative estimate of drug-likeness (QED) is 0.428. The number of ether oxygens (including phenoxy) is 1. The highest BCUT2D eigenvalue weighted by molar-refractivity contribution is 7.50. The number of benzene rings is 3. The van der Waals surface area contributed by atoms with Gasteiger partial charge in [0.15, 0.2) is 14.3 Å². The smallest absolute Gasteiger partial charge is 0.187 e. The summed E-state index contributed by atoms with van der Waals surface area (Å²) in [6.07, 6.45) is 0. The van der Waals surface area contributed by atoms with Crippen LogP contribution in [-0.2, 0) is 0 Å². The Balaban J connectivity index is 2.14. The van der Waals surface area contributed by atoms with Crippen LogP contribution in [0.1, 0.15) is 0 Å². The van der Waals surface area contributed by atoms with Gasteiger partial charge < -0.3 is 4.74 Å². The number of hydrogen-bond donors (Lipinski definition) is 0. The van der Waals surface area contributed by atoms with Crippen molar-refractivity contribution in [1.29, 1.82) is 0 Å². The summed E-state index contributed by atoms with van der Waals surface area (Å²) in [5.74, 6) is 0.918. The first-order valence-corrected chi connectivity index (χ1v) is 8.18. The molecule has 1 heterocycles. The highest BCUT2D eigenvalue weighted by Crippen LogP contribution is 2.48. The van der Waals surface area contributed by atoms with Gasteiger partial charge in [0.25, 0.3) is 0 Å². The molecule has 0 atom stereocenters. The molecule has 0 fully saturated rings. The molecule has 102 valence electrons. The van der Waals surface area contributed by atoms with Gasteiger partial charge in [-0.3, -0.25) is 0 Å². The predicted octanol–water partition coefficient (Wildman–Crippen LogP) is 5.74. The molecule has 1 aromatic heterocycles. The monoisotopic (exact) mass is 291 g/mol. The van der Waals surface area contributed by atoms with E-state index in [0.717, 1.165) is 5.75 Å². The summed E-state index contributed by atoms with van der Waals surface area (Å²) < 4.78 is 8.21. The van der Waals surface area contributed by atoms with Crippen molar-refractivity contribution in [3.63, 3.8) is 0 Å². The van der Waals surface area contributed by atoms with E-state index in [-0.39, 0.29) is 10.5 Å². The second-order valence-corrected chi connectivity index (χ2v) is 6.94. The third-order valence-corrected chi connectivity index (χ3v) is 6.10. The zero-order valence-corrected chi connectivity index (χ0v) is 12.6. The van der Waals surface area contributed by atoms with Crippen LogP contribution in [0, 0.1) is 0 Å². The van der Waals surface area contributed by atoms with Crippen LogP contribution >= 0.6 is 10.5 Å². The third kappa shape index (κ3) is 1.91. The van der Waals surface area contributed by atoms with Crippen molar-refractivity contribution in [2.45, 2.75) is 0 Å². The molecular weight excluding hydrogens is 276 g/mol. The average Bonchev–Trinajstić information content (AvgIpc) is 2.89. The predicted molar refractivity (Wildman–Crippen MR) is 91.8 cm³/mol. The lowest BCUT2D eigenvalue weighted by atomic mass is 10.2. The molecule has 2 heteroatoms. The summed E-state index contributed by atoms with van der Waals surface area (Å²) in [5, 5.41) is 2.72. The van der Waals surface area contributed by atoms with Crippen LogP contribution in [0.5, 0.6) is 5.75 Å². The highest BCUT2D eigenvalue weighted by atomic mass is 32.2. The van der Waals surface area contributed by atoms with E-state index in [0.29, 0.717) is 0 Å². The fraction of sp³-hybridized carbons (Fsp3) is 0.0526. The topological polar surface area (TPSA) is 9.23 Å². The lowest BCUT2D eigenvalue weighted by Gasteiger charge is -1.99. The summed E-state index contributed by atoms with van der Waals surface area (Å²) in [5.41, 5.74) is 0. The van der Waals surface area contributed by atoms with Crippen molar-refractivity contribution in [2.75, 3.05) is 7.11 Å². The van der Waals surface area contributed by atoms with Crippen LogP contribution in [0.3, 0.4) is 0 Å². The molecule has 0 bridgehead atoms. The van der Waals surface area contributed by atoms with Crippen LogP contribution in [-0.4, -0.2) is 7.11 Å². The van der Waals surface area contributed by atoms with Crippen molar-refractivity contribution in [3.8, 4) is 10.6 Å². The Kier molecular flexibility index (Phi) is 2.90. The second-order valence-electron chi connectivity index (χ2n) is 4.98. The average molecular weight is 291 g/mol. The second kappa shape index (κ2) is 4.90. The Labute approximate surface area is 126 Å². The molecular formula is C19H15OS+. The Hall–Kier alpha value is -2.32. The lowest BCUT2D eigenvalue weighted by Crippen LogP contribution is -1.81. The van der Waals surface area contributed by atoms with Crippen molar-refractivity contribution in [1.82, 2.24) is 0 Å². The van der Waals surface area contributed by atoms with Crippen LogP contribution < -0.4 is 4.74 Å². The summed E-state index contributed by atoms with van der Waals surface area (Å²) >= 11 is 0. The van der Waals surface area contributed by atoms with Crippen LogP contribution in [0.2, 0.25) is 0 Å². The Bertz CT molecular complexity index is 883. The van der Waals surface area contributed by atoms with Crippen molar-refractivity contribution < 1.29 is 4.74 Å². The maximum atomic E-state index is 5.39. The first-order chi connectivity index (χ1) is 10.4. The molecule has 1 nitrogen and oxygen atoms in total. The molecule has 0 saturated carbocycles. The van der Waals surface area contributed by atoms with Gasteiger partial charge >= 0.3 is 0 Å². The van der Waals surface area contributed by atoms with E-state index < -0.39 is 0 Å². The molecule has 0 spiro atoms. The van der Waals surface area contributed by atoms with Crippen molar-refractivity contribution in [2.24, 2.45) is 0 Å². The highest BCUT2D eigenvalue weighted by Gasteiger charge is 2.23. The molecule has 0 amide bonds. The fourth-order valence-electron chi connectivity index (χ4n) is 2.83. The summed E-state index contributed by atoms with van der Waals surface area (Å²) in [7, 11) is 1.69. The molecule has 0 unspecified atom stereocenters. The van der Waals surface area contributed by atoms with Crippen LogP contribution in [0.25, 0.3) is 25.1 Å². The van der Waals surface area contributed by atoms with E-state index in [2.05, 4.69) is 66.7 Å². The molecule has 4 aromatic rings. The molecule has 0 radical (unpaired) electrons. The number of fused-ring (bicyclic) bond motifs is 3. The van der Waals surface area contributed by atoms with Gasteiger partial charge in [-0.2, -0.15) is 0 Å². The molecule has 0 aliphatic heterocycles. The SMILES string of the molecule is COc1cccc(-[s+]2c3ccccc3c3ccccc32)c1. The normalized spacial score (nSPS) is 11.1. The molecule has 0 saturated heterocycles. The van der Waals surface area contributed by atoms with Gasteiger partial charge in [-0.15, -0.1) is 0 Å². The van der Waals surface area contributed by atoms with E-state index in [1.165, 1.54) is 25.1 Å². The summed E-state index contributed by atoms with van der Waals surface area (Å²) in [6, 6.07) is 25.9. The molecule has 3 aromatic carbocycles. The van der Waals surface area contributed by atoms with Gasteiger partial charge in [-0.1, -0.05) is 30.3 Å². The minimum absolute atomic E-state index is 0.0324. The van der Waals surface area contributed by atoms with E-state index >= 15 is 0 Å². The van der Waals surface area contributed by atoms with Gasteiger partial charge in [0.2, 0.25) is 0 Å².